The SMILES string of the molecule is CN(CC(=O)OCc1cnc(-c2ccccc2)s1)C(=O)c1ccccc1. The van der Waals surface area contributed by atoms with Crippen LogP contribution in [0.4, 0.5) is 0 Å². The van der Waals surface area contributed by atoms with Crippen LogP contribution < -0.4 is 0 Å². The van der Waals surface area contributed by atoms with Crippen LogP contribution in [-0.2, 0) is 16.1 Å². The van der Waals surface area contributed by atoms with E-state index in [9.17, 15) is 9.59 Å². The van der Waals surface area contributed by atoms with Crippen molar-refractivity contribution in [3.8, 4) is 10.6 Å². The van der Waals surface area contributed by atoms with Gasteiger partial charge in [0.25, 0.3) is 5.91 Å². The normalized spacial score (nSPS) is 10.3. The van der Waals surface area contributed by atoms with E-state index in [4.69, 9.17) is 4.74 Å². The van der Waals surface area contributed by atoms with Crippen LogP contribution in [0.2, 0.25) is 0 Å². The molecule has 0 atom stereocenters. The van der Waals surface area contributed by atoms with Crippen LogP contribution in [0.5, 0.6) is 0 Å². The van der Waals surface area contributed by atoms with Gasteiger partial charge in [-0.05, 0) is 12.1 Å². The first-order chi connectivity index (χ1) is 12.6. The summed E-state index contributed by atoms with van der Waals surface area (Å²) in [7, 11) is 1.58. The average Bonchev–Trinajstić information content (AvgIpc) is 3.16. The van der Waals surface area contributed by atoms with Gasteiger partial charge in [-0.15, -0.1) is 11.3 Å². The lowest BCUT2D eigenvalue weighted by molar-refractivity contribution is -0.145. The van der Waals surface area contributed by atoms with E-state index in [0.29, 0.717) is 5.56 Å². The maximum absolute atomic E-state index is 12.2. The quantitative estimate of drug-likeness (QED) is 0.625. The Morgan fingerprint density at radius 2 is 1.69 bits per heavy atom. The molecule has 0 spiro atoms. The van der Waals surface area contributed by atoms with Crippen molar-refractivity contribution in [3.63, 3.8) is 0 Å². The van der Waals surface area contributed by atoms with Crippen LogP contribution >= 0.6 is 11.3 Å². The lowest BCUT2D eigenvalue weighted by Gasteiger charge is -2.16. The van der Waals surface area contributed by atoms with Gasteiger partial charge in [0.1, 0.15) is 18.2 Å². The van der Waals surface area contributed by atoms with Crippen molar-refractivity contribution in [1.29, 1.82) is 0 Å². The Morgan fingerprint density at radius 3 is 2.38 bits per heavy atom. The topological polar surface area (TPSA) is 59.5 Å². The summed E-state index contributed by atoms with van der Waals surface area (Å²) in [6, 6.07) is 18.7. The molecule has 0 fully saturated rings. The molecule has 2 aromatic carbocycles. The highest BCUT2D eigenvalue weighted by atomic mass is 32.1. The largest absolute Gasteiger partial charge is 0.459 e. The summed E-state index contributed by atoms with van der Waals surface area (Å²) in [6.07, 6.45) is 1.71. The Bertz CT molecular complexity index is 878. The van der Waals surface area contributed by atoms with Crippen molar-refractivity contribution in [2.45, 2.75) is 6.61 Å². The minimum absolute atomic E-state index is 0.0991. The molecule has 0 unspecified atom stereocenters. The Kier molecular flexibility index (Phi) is 5.76. The predicted molar refractivity (Wildman–Crippen MR) is 101 cm³/mol. The van der Waals surface area contributed by atoms with Gasteiger partial charge in [0.05, 0.1) is 4.88 Å². The molecule has 3 rings (SSSR count). The molecule has 0 N–H and O–H groups in total. The number of rotatable bonds is 6. The third-order valence-corrected chi connectivity index (χ3v) is 4.70. The van der Waals surface area contributed by atoms with Gasteiger partial charge in [-0.3, -0.25) is 9.59 Å². The van der Waals surface area contributed by atoms with Crippen molar-refractivity contribution in [2.75, 3.05) is 13.6 Å². The molecule has 132 valence electrons. The summed E-state index contributed by atoms with van der Waals surface area (Å²) < 4.78 is 5.27. The summed E-state index contributed by atoms with van der Waals surface area (Å²) >= 11 is 1.48. The Labute approximate surface area is 155 Å². The lowest BCUT2D eigenvalue weighted by atomic mass is 10.2. The number of nitrogens with zero attached hydrogens (tertiary/aromatic N) is 2. The predicted octanol–water partition coefficient (Wildman–Crippen LogP) is 3.63. The van der Waals surface area contributed by atoms with E-state index in [0.717, 1.165) is 15.4 Å². The third kappa shape index (κ3) is 4.55. The van der Waals surface area contributed by atoms with E-state index in [2.05, 4.69) is 4.98 Å². The van der Waals surface area contributed by atoms with Crippen molar-refractivity contribution in [2.24, 2.45) is 0 Å². The number of thiazole rings is 1. The van der Waals surface area contributed by atoms with E-state index in [1.165, 1.54) is 16.2 Å². The van der Waals surface area contributed by atoms with E-state index in [1.807, 2.05) is 36.4 Å². The van der Waals surface area contributed by atoms with Gasteiger partial charge in [-0.2, -0.15) is 0 Å². The number of carbonyl (C=O) groups is 2. The van der Waals surface area contributed by atoms with E-state index < -0.39 is 5.97 Å². The molecule has 1 amide bonds. The van der Waals surface area contributed by atoms with Crippen LogP contribution in [0.1, 0.15) is 15.2 Å². The second-order valence-electron chi connectivity index (χ2n) is 5.69. The number of amides is 1. The molecule has 0 aliphatic heterocycles. The number of ether oxygens (including phenoxy) is 1. The van der Waals surface area contributed by atoms with Crippen molar-refractivity contribution < 1.29 is 14.3 Å². The van der Waals surface area contributed by atoms with Gasteiger partial charge in [-0.25, -0.2) is 4.98 Å². The monoisotopic (exact) mass is 366 g/mol. The highest BCUT2D eigenvalue weighted by Gasteiger charge is 2.16. The number of hydrogen-bond acceptors (Lipinski definition) is 5. The smallest absolute Gasteiger partial charge is 0.326 e. The van der Waals surface area contributed by atoms with E-state index in [-0.39, 0.29) is 19.1 Å². The van der Waals surface area contributed by atoms with Crippen molar-refractivity contribution >= 4 is 23.2 Å². The zero-order valence-corrected chi connectivity index (χ0v) is 15.1. The van der Waals surface area contributed by atoms with Gasteiger partial charge < -0.3 is 9.64 Å². The van der Waals surface area contributed by atoms with Gasteiger partial charge in [-0.1, -0.05) is 48.5 Å². The fourth-order valence-electron chi connectivity index (χ4n) is 2.35. The van der Waals surface area contributed by atoms with Gasteiger partial charge in [0.15, 0.2) is 0 Å². The number of hydrogen-bond donors (Lipinski definition) is 0. The van der Waals surface area contributed by atoms with Crippen LogP contribution in [0.3, 0.4) is 0 Å². The number of benzene rings is 2. The zero-order valence-electron chi connectivity index (χ0n) is 14.3. The molecule has 0 saturated carbocycles. The van der Waals surface area contributed by atoms with E-state index in [1.54, 1.807) is 37.5 Å². The fraction of sp³-hybridized carbons (Fsp3) is 0.150. The maximum atomic E-state index is 12.2. The highest BCUT2D eigenvalue weighted by molar-refractivity contribution is 7.15. The van der Waals surface area contributed by atoms with Crippen LogP contribution in [0.15, 0.2) is 66.9 Å². The number of carbonyl (C=O) groups excluding carboxylic acids is 2. The summed E-state index contributed by atoms with van der Waals surface area (Å²) in [4.78, 5) is 30.8. The summed E-state index contributed by atoms with van der Waals surface area (Å²) in [6.45, 7) is 0.0504. The molecule has 0 bridgehead atoms. The summed E-state index contributed by atoms with van der Waals surface area (Å²) in [5.41, 5.74) is 1.57. The summed E-state index contributed by atoms with van der Waals surface area (Å²) in [5.74, 6) is -0.668. The first-order valence-electron chi connectivity index (χ1n) is 8.10. The molecule has 0 saturated heterocycles. The fourth-order valence-corrected chi connectivity index (χ4v) is 3.18. The molecule has 26 heavy (non-hydrogen) atoms. The number of esters is 1. The van der Waals surface area contributed by atoms with Gasteiger partial charge in [0.2, 0.25) is 0 Å². The minimum atomic E-state index is -0.452. The van der Waals surface area contributed by atoms with Crippen LogP contribution in [0, 0.1) is 0 Å². The first-order valence-corrected chi connectivity index (χ1v) is 8.91. The molecular formula is C20H18N2O3S. The molecule has 5 nitrogen and oxygen atoms in total. The van der Waals surface area contributed by atoms with Crippen LogP contribution in [0.25, 0.3) is 10.6 Å². The number of aromatic nitrogens is 1. The van der Waals surface area contributed by atoms with E-state index >= 15 is 0 Å². The minimum Gasteiger partial charge on any atom is -0.459 e. The molecular weight excluding hydrogens is 348 g/mol. The van der Waals surface area contributed by atoms with Crippen LogP contribution in [-0.4, -0.2) is 35.4 Å². The second-order valence-corrected chi connectivity index (χ2v) is 6.80. The molecule has 1 heterocycles. The molecule has 6 heteroatoms. The Morgan fingerprint density at radius 1 is 1.04 bits per heavy atom. The Balaban J connectivity index is 1.51. The van der Waals surface area contributed by atoms with Crippen molar-refractivity contribution in [1.82, 2.24) is 9.88 Å². The second kappa shape index (κ2) is 8.40. The standard InChI is InChI=1S/C20H18N2O3S/c1-22(20(24)16-10-6-3-7-11-16)13-18(23)25-14-17-12-21-19(26-17)15-8-4-2-5-9-15/h2-12H,13-14H2,1H3. The van der Waals surface area contributed by atoms with Gasteiger partial charge >= 0.3 is 5.97 Å². The molecule has 0 aliphatic carbocycles. The van der Waals surface area contributed by atoms with Crippen molar-refractivity contribution in [3.05, 3.63) is 77.3 Å². The van der Waals surface area contributed by atoms with Gasteiger partial charge in [0, 0.05) is 24.4 Å². The molecule has 0 radical (unpaired) electrons. The highest BCUT2D eigenvalue weighted by Crippen LogP contribution is 2.25. The number of likely N-dealkylation sites (N-methyl/N-ethyl adjacent to an activating group) is 1. The molecule has 1 aromatic heterocycles. The third-order valence-electron chi connectivity index (χ3n) is 3.68. The summed E-state index contributed by atoms with van der Waals surface area (Å²) in [5, 5.41) is 0.882. The zero-order chi connectivity index (χ0) is 18.4. The lowest BCUT2D eigenvalue weighted by Crippen LogP contribution is -2.32. The molecule has 0 aliphatic rings. The molecule has 3 aromatic rings. The first kappa shape index (κ1) is 17.8. The Hall–Kier alpha value is -2.99. The average molecular weight is 366 g/mol. The maximum Gasteiger partial charge on any atom is 0.326 e.